The highest BCUT2D eigenvalue weighted by Crippen LogP contribution is 2.33. The second kappa shape index (κ2) is 14.2. The first-order valence-electron chi connectivity index (χ1n) is 14.8. The van der Waals surface area contributed by atoms with Crippen molar-refractivity contribution in [3.05, 3.63) is 143 Å². The maximum absolute atomic E-state index is 14.9. The van der Waals surface area contributed by atoms with Gasteiger partial charge in [-0.2, -0.15) is 8.78 Å². The maximum Gasteiger partial charge on any atom is 0.419 e. The topological polar surface area (TPSA) is 9.23 Å². The smallest absolute Gasteiger partial charge is 0.419 e. The molecular formula is C38H28F8O. The molecule has 5 aromatic carbocycles. The van der Waals surface area contributed by atoms with Crippen LogP contribution in [0.5, 0.6) is 5.75 Å². The zero-order valence-corrected chi connectivity index (χ0v) is 25.1. The summed E-state index contributed by atoms with van der Waals surface area (Å²) in [6.45, 7) is 2.16. The number of hydrogen-bond donors (Lipinski definition) is 0. The first kappa shape index (κ1) is 33.4. The SMILES string of the molecule is CCCCCc1ccc(-c2ccc(-c3cc(F)c(/C=C/C(F)(F)Oc4ccc(-c5cc(F)c(F)c(F)c5)c(F)c4)c(F)c3)cc2)cc1. The molecule has 1 nitrogen and oxygen atoms in total. The molecule has 0 spiro atoms. The monoisotopic (exact) mass is 652 g/mol. The van der Waals surface area contributed by atoms with E-state index in [9.17, 15) is 35.1 Å². The predicted octanol–water partition coefficient (Wildman–Crippen LogP) is 11.9. The number of halogens is 8. The lowest BCUT2D eigenvalue weighted by molar-refractivity contribution is -0.131. The van der Waals surface area contributed by atoms with Gasteiger partial charge < -0.3 is 4.74 Å². The van der Waals surface area contributed by atoms with Crippen LogP contribution in [0, 0.1) is 34.9 Å². The van der Waals surface area contributed by atoms with Gasteiger partial charge in [0.1, 0.15) is 23.2 Å². The van der Waals surface area contributed by atoms with Crippen LogP contribution in [0.2, 0.25) is 0 Å². The molecule has 0 aromatic heterocycles. The molecule has 0 radical (unpaired) electrons. The summed E-state index contributed by atoms with van der Waals surface area (Å²) in [5.74, 6) is -8.93. The minimum atomic E-state index is -4.14. The number of ether oxygens (including phenoxy) is 1. The largest absolute Gasteiger partial charge is 0.429 e. The van der Waals surface area contributed by atoms with Crippen molar-refractivity contribution in [1.29, 1.82) is 0 Å². The van der Waals surface area contributed by atoms with E-state index in [4.69, 9.17) is 0 Å². The lowest BCUT2D eigenvalue weighted by Gasteiger charge is -2.15. The van der Waals surface area contributed by atoms with Gasteiger partial charge >= 0.3 is 6.11 Å². The van der Waals surface area contributed by atoms with E-state index in [1.165, 1.54) is 12.0 Å². The summed E-state index contributed by atoms with van der Waals surface area (Å²) in [6, 6.07) is 20.8. The Morgan fingerprint density at radius 2 is 1.11 bits per heavy atom. The Kier molecular flexibility index (Phi) is 10.1. The normalized spacial score (nSPS) is 11.8. The van der Waals surface area contributed by atoms with Crippen LogP contribution in [0.4, 0.5) is 35.1 Å². The van der Waals surface area contributed by atoms with E-state index in [1.807, 2.05) is 24.3 Å². The summed E-state index contributed by atoms with van der Waals surface area (Å²) < 4.78 is 118. The van der Waals surface area contributed by atoms with Crippen molar-refractivity contribution in [1.82, 2.24) is 0 Å². The highest BCUT2D eigenvalue weighted by molar-refractivity contribution is 5.72. The predicted molar refractivity (Wildman–Crippen MR) is 167 cm³/mol. The minimum absolute atomic E-state index is 0.106. The van der Waals surface area contributed by atoms with Gasteiger partial charge in [-0.1, -0.05) is 68.3 Å². The second-order valence-electron chi connectivity index (χ2n) is 11.0. The summed E-state index contributed by atoms with van der Waals surface area (Å²) in [5.41, 5.74) is 2.38. The van der Waals surface area contributed by atoms with Crippen molar-refractivity contribution in [2.24, 2.45) is 0 Å². The number of hydrogen-bond acceptors (Lipinski definition) is 1. The molecule has 0 atom stereocenters. The van der Waals surface area contributed by atoms with Crippen molar-refractivity contribution in [3.63, 3.8) is 0 Å². The first-order chi connectivity index (χ1) is 22.4. The van der Waals surface area contributed by atoms with Gasteiger partial charge in [0.25, 0.3) is 0 Å². The van der Waals surface area contributed by atoms with Gasteiger partial charge in [-0.05, 0) is 88.7 Å². The highest BCUT2D eigenvalue weighted by Gasteiger charge is 2.29. The van der Waals surface area contributed by atoms with Gasteiger partial charge in [-0.25, -0.2) is 26.3 Å². The Morgan fingerprint density at radius 1 is 0.574 bits per heavy atom. The van der Waals surface area contributed by atoms with E-state index in [-0.39, 0.29) is 17.2 Å². The van der Waals surface area contributed by atoms with Crippen molar-refractivity contribution in [2.45, 2.75) is 38.7 Å². The minimum Gasteiger partial charge on any atom is -0.429 e. The number of rotatable bonds is 11. The molecular weight excluding hydrogens is 624 g/mol. The van der Waals surface area contributed by atoms with Crippen LogP contribution >= 0.6 is 0 Å². The molecule has 9 heteroatoms. The van der Waals surface area contributed by atoms with Crippen molar-refractivity contribution in [2.75, 3.05) is 0 Å². The Morgan fingerprint density at radius 3 is 1.66 bits per heavy atom. The highest BCUT2D eigenvalue weighted by atomic mass is 19.3. The van der Waals surface area contributed by atoms with Crippen LogP contribution in [0.15, 0.2) is 97.1 Å². The van der Waals surface area contributed by atoms with Crippen molar-refractivity contribution < 1.29 is 39.9 Å². The van der Waals surface area contributed by atoms with Gasteiger partial charge in [0.05, 0.1) is 0 Å². The summed E-state index contributed by atoms with van der Waals surface area (Å²) in [7, 11) is 0. The zero-order valence-electron chi connectivity index (χ0n) is 25.1. The van der Waals surface area contributed by atoms with E-state index in [0.29, 0.717) is 29.8 Å². The second-order valence-corrected chi connectivity index (χ2v) is 11.0. The fourth-order valence-electron chi connectivity index (χ4n) is 5.08. The Hall–Kier alpha value is -4.92. The van der Waals surface area contributed by atoms with Crippen molar-refractivity contribution >= 4 is 6.08 Å². The van der Waals surface area contributed by atoms with E-state index in [2.05, 4.69) is 23.8 Å². The average Bonchev–Trinajstić information content (AvgIpc) is 3.03. The Balaban J connectivity index is 1.27. The van der Waals surface area contributed by atoms with Crippen LogP contribution in [-0.4, -0.2) is 6.11 Å². The average molecular weight is 653 g/mol. The lowest BCUT2D eigenvalue weighted by Crippen LogP contribution is -2.21. The summed E-state index contributed by atoms with van der Waals surface area (Å²) in [4.78, 5) is 0. The van der Waals surface area contributed by atoms with Gasteiger partial charge in [0.2, 0.25) is 0 Å². The molecule has 0 amide bonds. The molecule has 5 rings (SSSR count). The lowest BCUT2D eigenvalue weighted by atomic mass is 9.98. The molecule has 0 saturated carbocycles. The Bertz CT molecular complexity index is 1850. The summed E-state index contributed by atoms with van der Waals surface area (Å²) in [6.07, 6.45) is 0.966. The van der Waals surface area contributed by atoms with Crippen LogP contribution in [-0.2, 0) is 6.42 Å². The molecule has 0 unspecified atom stereocenters. The van der Waals surface area contributed by atoms with E-state index in [1.54, 1.807) is 12.1 Å². The molecule has 0 aliphatic rings. The molecule has 242 valence electrons. The van der Waals surface area contributed by atoms with E-state index < -0.39 is 57.9 Å². The standard InChI is InChI=1S/C38H28F8O/c1-2-3-4-5-23-6-8-24(9-7-23)25-10-12-26(13-11-25)27-18-32(39)31(33(40)19-27)16-17-38(45,46)47-29-14-15-30(34(41)22-29)28-20-35(42)37(44)36(43)21-28/h6-22H,2-5H2,1H3/b17-16+. The molecule has 5 aromatic rings. The molecule has 0 bridgehead atoms. The van der Waals surface area contributed by atoms with Crippen LogP contribution in [0.25, 0.3) is 39.5 Å². The third-order valence-corrected chi connectivity index (χ3v) is 7.59. The molecule has 0 heterocycles. The van der Waals surface area contributed by atoms with Gasteiger partial charge in [0, 0.05) is 23.3 Å². The third-order valence-electron chi connectivity index (χ3n) is 7.59. The maximum atomic E-state index is 14.9. The third kappa shape index (κ3) is 8.09. The Labute approximate surface area is 266 Å². The molecule has 0 fully saturated rings. The quantitative estimate of drug-likeness (QED) is 0.0784. The van der Waals surface area contributed by atoms with Crippen LogP contribution in [0.1, 0.15) is 37.3 Å². The number of benzene rings is 5. The van der Waals surface area contributed by atoms with Gasteiger partial charge in [0.15, 0.2) is 17.5 Å². The molecule has 0 aliphatic heterocycles. The number of unbranched alkanes of at least 4 members (excludes halogenated alkanes) is 2. The van der Waals surface area contributed by atoms with Crippen LogP contribution in [0.3, 0.4) is 0 Å². The molecule has 47 heavy (non-hydrogen) atoms. The fourth-order valence-corrected chi connectivity index (χ4v) is 5.08. The molecule has 0 aliphatic carbocycles. The molecule has 0 N–H and O–H groups in total. The van der Waals surface area contributed by atoms with E-state index in [0.717, 1.165) is 54.7 Å². The van der Waals surface area contributed by atoms with Gasteiger partial charge in [-0.3, -0.25) is 0 Å². The summed E-state index contributed by atoms with van der Waals surface area (Å²) >= 11 is 0. The number of aryl methyl sites for hydroxylation is 1. The number of alkyl halides is 2. The summed E-state index contributed by atoms with van der Waals surface area (Å²) in [5, 5.41) is 0. The van der Waals surface area contributed by atoms with Gasteiger partial charge in [-0.15, -0.1) is 0 Å². The van der Waals surface area contributed by atoms with Crippen LogP contribution < -0.4 is 4.74 Å². The molecule has 0 saturated heterocycles. The fraction of sp³-hybridized carbons (Fsp3) is 0.158. The zero-order chi connectivity index (χ0) is 33.7. The van der Waals surface area contributed by atoms with Crippen molar-refractivity contribution in [3.8, 4) is 39.1 Å². The van der Waals surface area contributed by atoms with E-state index >= 15 is 0 Å². The first-order valence-corrected chi connectivity index (χ1v) is 14.8.